The van der Waals surface area contributed by atoms with Crippen molar-refractivity contribution in [3.8, 4) is 0 Å². The summed E-state index contributed by atoms with van der Waals surface area (Å²) < 4.78 is 5.04. The average molecular weight is 278 g/mol. The lowest BCUT2D eigenvalue weighted by molar-refractivity contribution is -0.126. The number of nitrogens with one attached hydrogen (secondary N) is 1. The van der Waals surface area contributed by atoms with Crippen molar-refractivity contribution >= 4 is 11.7 Å². The molecular weight excluding hydrogens is 256 g/mol. The molecule has 0 aromatic carbocycles. The minimum Gasteiger partial charge on any atom is -0.383 e. The van der Waals surface area contributed by atoms with Gasteiger partial charge in [-0.2, -0.15) is 0 Å². The number of hydrogen-bond donors (Lipinski definition) is 1. The average Bonchev–Trinajstić information content (AvgIpc) is 2.48. The van der Waals surface area contributed by atoms with Gasteiger partial charge >= 0.3 is 0 Å². The highest BCUT2D eigenvalue weighted by Gasteiger charge is 2.27. The Balaban J connectivity index is 1.91. The standard InChI is InChI=1S/C14H22N4O2/c1-11(10-20-2)17-14(19)12-4-3-7-18(9-12)13-8-15-5-6-16-13/h5-6,8,11-12H,3-4,7,9-10H2,1-2H3,(H,17,19)/t11-,12+/m0/s1. The lowest BCUT2D eigenvalue weighted by Crippen LogP contribution is -2.46. The van der Waals surface area contributed by atoms with E-state index in [0.29, 0.717) is 13.2 Å². The summed E-state index contributed by atoms with van der Waals surface area (Å²) in [4.78, 5) is 22.7. The molecule has 0 radical (unpaired) electrons. The monoisotopic (exact) mass is 278 g/mol. The number of piperidine rings is 1. The van der Waals surface area contributed by atoms with Gasteiger partial charge in [0.2, 0.25) is 5.91 Å². The Morgan fingerprint density at radius 3 is 3.15 bits per heavy atom. The van der Waals surface area contributed by atoms with Crippen LogP contribution in [-0.4, -0.2) is 48.7 Å². The van der Waals surface area contributed by atoms with E-state index in [9.17, 15) is 4.79 Å². The van der Waals surface area contributed by atoms with Crippen molar-refractivity contribution in [3.05, 3.63) is 18.6 Å². The molecule has 0 saturated carbocycles. The zero-order valence-electron chi connectivity index (χ0n) is 12.1. The van der Waals surface area contributed by atoms with Gasteiger partial charge in [0.05, 0.1) is 18.7 Å². The van der Waals surface area contributed by atoms with Crippen LogP contribution >= 0.6 is 0 Å². The maximum atomic E-state index is 12.2. The molecule has 1 saturated heterocycles. The van der Waals surface area contributed by atoms with E-state index in [-0.39, 0.29) is 17.9 Å². The van der Waals surface area contributed by atoms with E-state index in [2.05, 4.69) is 20.2 Å². The van der Waals surface area contributed by atoms with Crippen LogP contribution in [0.3, 0.4) is 0 Å². The second-order valence-electron chi connectivity index (χ2n) is 5.21. The van der Waals surface area contributed by atoms with E-state index in [1.807, 2.05) is 6.92 Å². The van der Waals surface area contributed by atoms with Crippen molar-refractivity contribution in [2.75, 3.05) is 31.7 Å². The second-order valence-corrected chi connectivity index (χ2v) is 5.21. The number of methoxy groups -OCH3 is 1. The Morgan fingerprint density at radius 2 is 2.45 bits per heavy atom. The predicted molar refractivity (Wildman–Crippen MR) is 76.4 cm³/mol. The molecule has 1 aliphatic rings. The zero-order valence-corrected chi connectivity index (χ0v) is 12.1. The number of carbonyl (C=O) groups is 1. The number of carbonyl (C=O) groups excluding carboxylic acids is 1. The first-order chi connectivity index (χ1) is 9.70. The maximum Gasteiger partial charge on any atom is 0.225 e. The lowest BCUT2D eigenvalue weighted by atomic mass is 9.97. The molecule has 0 unspecified atom stereocenters. The summed E-state index contributed by atoms with van der Waals surface area (Å²) in [6.45, 7) is 4.11. The van der Waals surface area contributed by atoms with Gasteiger partial charge in [0, 0.05) is 38.6 Å². The van der Waals surface area contributed by atoms with Gasteiger partial charge in [0.1, 0.15) is 5.82 Å². The largest absolute Gasteiger partial charge is 0.383 e. The van der Waals surface area contributed by atoms with E-state index in [0.717, 1.165) is 25.2 Å². The molecule has 2 atom stereocenters. The van der Waals surface area contributed by atoms with E-state index >= 15 is 0 Å². The van der Waals surface area contributed by atoms with Gasteiger partial charge in [-0.25, -0.2) is 4.98 Å². The van der Waals surface area contributed by atoms with Gasteiger partial charge in [-0.3, -0.25) is 9.78 Å². The molecule has 2 heterocycles. The topological polar surface area (TPSA) is 67.3 Å². The van der Waals surface area contributed by atoms with E-state index < -0.39 is 0 Å². The van der Waals surface area contributed by atoms with Gasteiger partial charge in [0.15, 0.2) is 0 Å². The fraction of sp³-hybridized carbons (Fsp3) is 0.643. The summed E-state index contributed by atoms with van der Waals surface area (Å²) in [6.07, 6.45) is 6.99. The third-order valence-electron chi connectivity index (χ3n) is 3.47. The molecule has 1 aliphatic heterocycles. The van der Waals surface area contributed by atoms with E-state index in [1.54, 1.807) is 25.7 Å². The maximum absolute atomic E-state index is 12.2. The first-order valence-corrected chi connectivity index (χ1v) is 7.01. The quantitative estimate of drug-likeness (QED) is 0.864. The Morgan fingerprint density at radius 1 is 1.60 bits per heavy atom. The molecule has 6 heteroatoms. The normalized spacial score (nSPS) is 20.5. The van der Waals surface area contributed by atoms with Crippen molar-refractivity contribution < 1.29 is 9.53 Å². The van der Waals surface area contributed by atoms with Gasteiger partial charge in [-0.1, -0.05) is 0 Å². The highest BCUT2D eigenvalue weighted by atomic mass is 16.5. The molecule has 2 rings (SSSR count). The number of amides is 1. The first-order valence-electron chi connectivity index (χ1n) is 7.01. The van der Waals surface area contributed by atoms with Crippen LogP contribution in [0.1, 0.15) is 19.8 Å². The molecule has 0 aliphatic carbocycles. The van der Waals surface area contributed by atoms with Crippen LogP contribution in [0, 0.1) is 5.92 Å². The van der Waals surface area contributed by atoms with Crippen LogP contribution < -0.4 is 10.2 Å². The Bertz CT molecular complexity index is 426. The minimum absolute atomic E-state index is 0.00469. The van der Waals surface area contributed by atoms with Crippen molar-refractivity contribution in [1.29, 1.82) is 0 Å². The van der Waals surface area contributed by atoms with Crippen molar-refractivity contribution in [2.45, 2.75) is 25.8 Å². The first kappa shape index (κ1) is 14.7. The summed E-state index contributed by atoms with van der Waals surface area (Å²) in [7, 11) is 1.64. The number of rotatable bonds is 5. The molecule has 1 fully saturated rings. The van der Waals surface area contributed by atoms with Crippen LogP contribution in [0.4, 0.5) is 5.82 Å². The number of nitrogens with zero attached hydrogens (tertiary/aromatic N) is 3. The molecule has 1 aromatic heterocycles. The highest BCUT2D eigenvalue weighted by molar-refractivity contribution is 5.79. The Hall–Kier alpha value is -1.69. The zero-order chi connectivity index (χ0) is 14.4. The fourth-order valence-corrected chi connectivity index (χ4v) is 2.51. The molecule has 20 heavy (non-hydrogen) atoms. The Labute approximate surface area is 119 Å². The summed E-state index contributed by atoms with van der Waals surface area (Å²) in [5.41, 5.74) is 0. The SMILES string of the molecule is COC[C@H](C)NC(=O)[C@@H]1CCCN(c2cnccn2)C1. The molecule has 0 spiro atoms. The van der Waals surface area contributed by atoms with Crippen LogP contribution in [0.2, 0.25) is 0 Å². The van der Waals surface area contributed by atoms with Crippen LogP contribution in [0.15, 0.2) is 18.6 Å². The number of ether oxygens (including phenoxy) is 1. The summed E-state index contributed by atoms with van der Waals surface area (Å²) in [5, 5.41) is 3.00. The van der Waals surface area contributed by atoms with Crippen LogP contribution in [0.25, 0.3) is 0 Å². The molecule has 110 valence electrons. The van der Waals surface area contributed by atoms with Gasteiger partial charge in [-0.15, -0.1) is 0 Å². The third-order valence-corrected chi connectivity index (χ3v) is 3.47. The highest BCUT2D eigenvalue weighted by Crippen LogP contribution is 2.21. The second kappa shape index (κ2) is 7.19. The number of anilines is 1. The smallest absolute Gasteiger partial charge is 0.225 e. The van der Waals surface area contributed by atoms with Crippen molar-refractivity contribution in [1.82, 2.24) is 15.3 Å². The molecule has 1 N–H and O–H groups in total. The molecule has 1 aromatic rings. The van der Waals surface area contributed by atoms with Gasteiger partial charge in [0.25, 0.3) is 0 Å². The van der Waals surface area contributed by atoms with E-state index in [1.165, 1.54) is 0 Å². The number of aromatic nitrogens is 2. The third kappa shape index (κ3) is 3.90. The van der Waals surface area contributed by atoms with Crippen molar-refractivity contribution in [3.63, 3.8) is 0 Å². The van der Waals surface area contributed by atoms with Crippen LogP contribution in [-0.2, 0) is 9.53 Å². The fourth-order valence-electron chi connectivity index (χ4n) is 2.51. The molecule has 6 nitrogen and oxygen atoms in total. The molecule has 1 amide bonds. The van der Waals surface area contributed by atoms with Crippen molar-refractivity contribution in [2.24, 2.45) is 5.92 Å². The van der Waals surface area contributed by atoms with E-state index in [4.69, 9.17) is 4.74 Å². The number of hydrogen-bond acceptors (Lipinski definition) is 5. The van der Waals surface area contributed by atoms with Crippen LogP contribution in [0.5, 0.6) is 0 Å². The lowest BCUT2D eigenvalue weighted by Gasteiger charge is -2.33. The minimum atomic E-state index is 0.00469. The summed E-state index contributed by atoms with van der Waals surface area (Å²) in [6, 6.07) is 0.0411. The van der Waals surface area contributed by atoms with Gasteiger partial charge < -0.3 is 15.0 Å². The molecular formula is C14H22N4O2. The Kier molecular flexibility index (Phi) is 5.29. The molecule has 0 bridgehead atoms. The summed E-state index contributed by atoms with van der Waals surface area (Å²) >= 11 is 0. The predicted octanol–water partition coefficient (Wildman–Crippen LogP) is 0.844. The van der Waals surface area contributed by atoms with Gasteiger partial charge in [-0.05, 0) is 19.8 Å². The summed E-state index contributed by atoms with van der Waals surface area (Å²) in [5.74, 6) is 0.947.